The highest BCUT2D eigenvalue weighted by atomic mass is 19.2. The number of nitrogens with zero attached hydrogens (tertiary/aromatic N) is 3. The van der Waals surface area contributed by atoms with Gasteiger partial charge in [-0.25, -0.2) is 17.7 Å². The Kier molecular flexibility index (Phi) is 3.88. The summed E-state index contributed by atoms with van der Waals surface area (Å²) in [5.41, 5.74) is -1.02. The first-order chi connectivity index (χ1) is 11.1. The molecule has 8 heteroatoms. The molecule has 0 saturated heterocycles. The number of aromatic nitrogens is 3. The molecular weight excluding hydrogens is 329 g/mol. The summed E-state index contributed by atoms with van der Waals surface area (Å²) in [5.74, 6) is -9.34. The van der Waals surface area contributed by atoms with Crippen LogP contribution < -0.4 is 4.57 Å². The first-order valence-electron chi connectivity index (χ1n) is 7.61. The van der Waals surface area contributed by atoms with Crippen LogP contribution in [0.1, 0.15) is 45.5 Å². The molecule has 0 unspecified atom stereocenters. The van der Waals surface area contributed by atoms with Crippen LogP contribution in [-0.4, -0.2) is 9.78 Å². The van der Waals surface area contributed by atoms with Crippen LogP contribution in [0, 0.1) is 34.5 Å². The fraction of sp³-hybridized carbons (Fsp3) is 0.500. The number of hydrogen-bond donors (Lipinski definition) is 0. The molecule has 3 nitrogen and oxygen atoms in total. The number of aryl methyl sites for hydroxylation is 1. The Labute approximate surface area is 135 Å². The van der Waals surface area contributed by atoms with E-state index in [4.69, 9.17) is 0 Å². The summed E-state index contributed by atoms with van der Waals surface area (Å²) < 4.78 is 70.3. The van der Waals surface area contributed by atoms with Crippen LogP contribution in [-0.2, 0) is 6.42 Å². The summed E-state index contributed by atoms with van der Waals surface area (Å²) in [6, 6.07) is 0.0787. The van der Waals surface area contributed by atoms with Gasteiger partial charge in [-0.1, -0.05) is 25.5 Å². The molecule has 1 aromatic heterocycles. The SMILES string of the molecule is CC(C)(C)C[C@H]1CCc2nn(-c3c(F)c(F)c(F)c(F)c3F)c[n+]21. The predicted octanol–water partition coefficient (Wildman–Crippen LogP) is 3.78. The molecule has 0 radical (unpaired) electrons. The Morgan fingerprint density at radius 2 is 1.58 bits per heavy atom. The van der Waals surface area contributed by atoms with E-state index in [0.717, 1.165) is 17.5 Å². The van der Waals surface area contributed by atoms with E-state index in [1.807, 2.05) is 0 Å². The molecule has 2 aromatic rings. The zero-order valence-corrected chi connectivity index (χ0v) is 13.5. The second kappa shape index (κ2) is 5.53. The molecule has 3 rings (SSSR count). The number of rotatable bonds is 2. The topological polar surface area (TPSA) is 21.7 Å². The van der Waals surface area contributed by atoms with Crippen molar-refractivity contribution in [2.24, 2.45) is 5.41 Å². The van der Waals surface area contributed by atoms with Gasteiger partial charge in [-0.2, -0.15) is 8.78 Å². The normalized spacial score (nSPS) is 17.4. The minimum Gasteiger partial charge on any atom is -0.231 e. The van der Waals surface area contributed by atoms with Crippen molar-refractivity contribution in [2.75, 3.05) is 0 Å². The highest BCUT2D eigenvalue weighted by molar-refractivity contribution is 5.36. The van der Waals surface area contributed by atoms with Crippen molar-refractivity contribution in [3.63, 3.8) is 0 Å². The molecule has 0 fully saturated rings. The van der Waals surface area contributed by atoms with Gasteiger partial charge in [0.15, 0.2) is 0 Å². The van der Waals surface area contributed by atoms with Gasteiger partial charge in [-0.15, -0.1) is 0 Å². The Balaban J connectivity index is 2.07. The van der Waals surface area contributed by atoms with Gasteiger partial charge in [0.1, 0.15) is 0 Å². The molecule has 0 spiro atoms. The highest BCUT2D eigenvalue weighted by Gasteiger charge is 2.37. The van der Waals surface area contributed by atoms with Gasteiger partial charge in [0.25, 0.3) is 5.82 Å². The van der Waals surface area contributed by atoms with Crippen LogP contribution in [0.3, 0.4) is 0 Å². The molecule has 0 amide bonds. The molecule has 1 aliphatic rings. The second-order valence-electron chi connectivity index (χ2n) is 7.26. The molecule has 24 heavy (non-hydrogen) atoms. The Morgan fingerprint density at radius 3 is 2.12 bits per heavy atom. The first-order valence-corrected chi connectivity index (χ1v) is 7.61. The van der Waals surface area contributed by atoms with Crippen molar-refractivity contribution in [3.8, 4) is 5.69 Å². The van der Waals surface area contributed by atoms with Crippen molar-refractivity contribution < 1.29 is 26.5 Å². The molecule has 0 saturated carbocycles. The van der Waals surface area contributed by atoms with Gasteiger partial charge >= 0.3 is 0 Å². The molecule has 1 aliphatic heterocycles. The summed E-state index contributed by atoms with van der Waals surface area (Å²) in [4.78, 5) is 0. The maximum atomic E-state index is 13.9. The maximum absolute atomic E-state index is 13.9. The number of benzene rings is 1. The lowest BCUT2D eigenvalue weighted by Crippen LogP contribution is -2.38. The zero-order chi connectivity index (χ0) is 17.8. The third-order valence-corrected chi connectivity index (χ3v) is 4.11. The molecular formula is C16H17F5N3+. The third kappa shape index (κ3) is 2.67. The van der Waals surface area contributed by atoms with E-state index in [0.29, 0.717) is 12.2 Å². The summed E-state index contributed by atoms with van der Waals surface area (Å²) in [5, 5.41) is 4.02. The van der Waals surface area contributed by atoms with E-state index in [1.54, 1.807) is 4.57 Å². The van der Waals surface area contributed by atoms with Gasteiger partial charge in [-0.3, -0.25) is 0 Å². The molecule has 2 heterocycles. The van der Waals surface area contributed by atoms with Crippen LogP contribution >= 0.6 is 0 Å². The van der Waals surface area contributed by atoms with Gasteiger partial charge < -0.3 is 0 Å². The van der Waals surface area contributed by atoms with E-state index in [2.05, 4.69) is 25.9 Å². The largest absolute Gasteiger partial charge is 0.278 e. The fourth-order valence-electron chi connectivity index (χ4n) is 3.11. The van der Waals surface area contributed by atoms with E-state index in [-0.39, 0.29) is 11.5 Å². The lowest BCUT2D eigenvalue weighted by atomic mass is 9.87. The molecule has 130 valence electrons. The lowest BCUT2D eigenvalue weighted by Gasteiger charge is -2.21. The van der Waals surface area contributed by atoms with E-state index in [9.17, 15) is 22.0 Å². The second-order valence-corrected chi connectivity index (χ2v) is 7.26. The van der Waals surface area contributed by atoms with Gasteiger partial charge in [0.05, 0.1) is 6.04 Å². The van der Waals surface area contributed by atoms with Crippen molar-refractivity contribution in [2.45, 2.75) is 46.1 Å². The van der Waals surface area contributed by atoms with Crippen molar-refractivity contribution in [3.05, 3.63) is 41.2 Å². The third-order valence-electron chi connectivity index (χ3n) is 4.11. The van der Waals surface area contributed by atoms with Crippen molar-refractivity contribution in [1.82, 2.24) is 9.78 Å². The van der Waals surface area contributed by atoms with E-state index >= 15 is 0 Å². The molecule has 0 N–H and O–H groups in total. The predicted molar refractivity (Wildman–Crippen MR) is 75.0 cm³/mol. The van der Waals surface area contributed by atoms with Crippen molar-refractivity contribution >= 4 is 0 Å². The Morgan fingerprint density at radius 1 is 1.04 bits per heavy atom. The lowest BCUT2D eigenvalue weighted by molar-refractivity contribution is -0.719. The number of halogens is 5. The van der Waals surface area contributed by atoms with Gasteiger partial charge in [0, 0.05) is 11.5 Å². The first kappa shape index (κ1) is 16.9. The standard InChI is InChI=1S/C16H17F5N3/c1-16(2,3)6-8-4-5-9-22-24(7-23(8)9)15-13(20)11(18)10(17)12(19)14(15)21/h7-8H,4-6H2,1-3H3/q+1/t8-/m1/s1. The van der Waals surface area contributed by atoms with Crippen molar-refractivity contribution in [1.29, 1.82) is 0 Å². The van der Waals surface area contributed by atoms with Crippen LogP contribution in [0.4, 0.5) is 22.0 Å². The maximum Gasteiger partial charge on any atom is 0.278 e. The van der Waals surface area contributed by atoms with Crippen LogP contribution in [0.5, 0.6) is 0 Å². The summed E-state index contributed by atoms with van der Waals surface area (Å²) in [6.45, 7) is 6.21. The Bertz CT molecular complexity index is 778. The minimum absolute atomic E-state index is 0.0337. The number of hydrogen-bond acceptors (Lipinski definition) is 1. The summed E-state index contributed by atoms with van der Waals surface area (Å²) >= 11 is 0. The molecule has 0 bridgehead atoms. The summed E-state index contributed by atoms with van der Waals surface area (Å²) in [7, 11) is 0. The quantitative estimate of drug-likeness (QED) is 0.351. The minimum atomic E-state index is -2.17. The Hall–Kier alpha value is -1.99. The average Bonchev–Trinajstić information content (AvgIpc) is 3.04. The smallest absolute Gasteiger partial charge is 0.231 e. The molecule has 1 aromatic carbocycles. The van der Waals surface area contributed by atoms with E-state index in [1.165, 1.54) is 6.33 Å². The van der Waals surface area contributed by atoms with Gasteiger partial charge in [0.2, 0.25) is 41.1 Å². The molecule has 0 aliphatic carbocycles. The monoisotopic (exact) mass is 346 g/mol. The fourth-order valence-corrected chi connectivity index (χ4v) is 3.11. The van der Waals surface area contributed by atoms with Crippen LogP contribution in [0.2, 0.25) is 0 Å². The van der Waals surface area contributed by atoms with Crippen LogP contribution in [0.15, 0.2) is 6.33 Å². The highest BCUT2D eigenvalue weighted by Crippen LogP contribution is 2.31. The zero-order valence-electron chi connectivity index (χ0n) is 13.5. The van der Waals surface area contributed by atoms with E-state index < -0.39 is 34.8 Å². The van der Waals surface area contributed by atoms with Crippen LogP contribution in [0.25, 0.3) is 5.69 Å². The van der Waals surface area contributed by atoms with Gasteiger partial charge in [-0.05, 0) is 18.3 Å². The molecule has 1 atom stereocenters. The average molecular weight is 346 g/mol. The summed E-state index contributed by atoms with van der Waals surface area (Å²) in [6.07, 6.45) is 3.53. The number of fused-ring (bicyclic) bond motifs is 1.